The van der Waals surface area contributed by atoms with Crippen molar-refractivity contribution in [1.29, 1.82) is 0 Å². The van der Waals surface area contributed by atoms with Crippen LogP contribution in [0.2, 0.25) is 0 Å². The Morgan fingerprint density at radius 1 is 0.568 bits per heavy atom. The molecule has 0 saturated carbocycles. The second-order valence-corrected chi connectivity index (χ2v) is 11.1. The number of rotatable bonds is 0. The molecule has 0 amide bonds. The Bertz CT molecular complexity index is 1270. The first-order valence-electron chi connectivity index (χ1n) is 15.5. The van der Waals surface area contributed by atoms with E-state index in [2.05, 4.69) is 21.9 Å². The number of nitrogens with zero attached hydrogens (tertiary/aromatic N) is 4. The van der Waals surface area contributed by atoms with Crippen LogP contribution >= 0.6 is 0 Å². The maximum Gasteiger partial charge on any atom is 0.133 e. The fraction of sp³-hybridized carbons (Fsp3) is 0.429. The molecule has 3 aliphatic heterocycles. The SMILES string of the molecule is Cc1cc2c(O)c(c1)C=Nc1ccccc1CN1CCOCCOCCN(CCOCCOCC1)Cc1ccccc1N=C2. The number of phenolic OH excluding ortho intramolecular Hbond substituents is 1. The summed E-state index contributed by atoms with van der Waals surface area (Å²) < 4.78 is 23.8. The number of hydrogen-bond donors (Lipinski definition) is 1. The minimum Gasteiger partial charge on any atom is -0.507 e. The van der Waals surface area contributed by atoms with Gasteiger partial charge in [0.1, 0.15) is 5.75 Å². The third kappa shape index (κ3) is 9.79. The first kappa shape index (κ1) is 32.0. The summed E-state index contributed by atoms with van der Waals surface area (Å²) in [6.07, 6.45) is 3.48. The van der Waals surface area contributed by atoms with Crippen LogP contribution < -0.4 is 0 Å². The molecule has 1 N–H and O–H groups in total. The lowest BCUT2D eigenvalue weighted by Crippen LogP contribution is -2.32. The van der Waals surface area contributed by atoms with Crippen LogP contribution in [0.1, 0.15) is 27.8 Å². The Morgan fingerprint density at radius 2 is 0.955 bits per heavy atom. The Balaban J connectivity index is 1.51. The van der Waals surface area contributed by atoms with E-state index in [1.54, 1.807) is 12.4 Å². The maximum atomic E-state index is 11.2. The molecule has 0 aromatic heterocycles. The van der Waals surface area contributed by atoms with Gasteiger partial charge in [-0.2, -0.15) is 0 Å². The second-order valence-electron chi connectivity index (χ2n) is 11.1. The zero-order valence-corrected chi connectivity index (χ0v) is 25.7. The van der Waals surface area contributed by atoms with Gasteiger partial charge in [0.15, 0.2) is 0 Å². The molecule has 0 atom stereocenters. The highest BCUT2D eigenvalue weighted by Crippen LogP contribution is 2.27. The molecule has 3 aromatic carbocycles. The van der Waals surface area contributed by atoms with Crippen molar-refractivity contribution < 1.29 is 24.1 Å². The monoisotopic (exact) mass is 600 g/mol. The van der Waals surface area contributed by atoms with E-state index in [9.17, 15) is 5.11 Å². The molecule has 9 heteroatoms. The van der Waals surface area contributed by atoms with Crippen molar-refractivity contribution in [3.63, 3.8) is 0 Å². The van der Waals surface area contributed by atoms with E-state index in [4.69, 9.17) is 28.9 Å². The molecule has 234 valence electrons. The molecule has 0 aliphatic carbocycles. The number of para-hydroxylation sites is 2. The van der Waals surface area contributed by atoms with Crippen LogP contribution in [0.15, 0.2) is 70.6 Å². The van der Waals surface area contributed by atoms with Gasteiger partial charge >= 0.3 is 0 Å². The number of fused-ring (bicyclic) bond motifs is 14. The number of hydrogen-bond acceptors (Lipinski definition) is 9. The molecule has 0 radical (unpaired) electrons. The van der Waals surface area contributed by atoms with E-state index in [0.29, 0.717) is 77.1 Å². The first-order valence-corrected chi connectivity index (χ1v) is 15.5. The van der Waals surface area contributed by atoms with Crippen molar-refractivity contribution in [2.75, 3.05) is 79.0 Å². The summed E-state index contributed by atoms with van der Waals surface area (Å²) in [5, 5.41) is 11.2. The topological polar surface area (TPSA) is 88.4 Å². The zero-order chi connectivity index (χ0) is 30.4. The Morgan fingerprint density at radius 3 is 1.36 bits per heavy atom. The highest BCUT2D eigenvalue weighted by atomic mass is 16.5. The van der Waals surface area contributed by atoms with Crippen molar-refractivity contribution >= 4 is 23.8 Å². The zero-order valence-electron chi connectivity index (χ0n) is 25.7. The van der Waals surface area contributed by atoms with Crippen molar-refractivity contribution in [3.05, 3.63) is 88.5 Å². The molecule has 4 bridgehead atoms. The number of aryl methyl sites for hydroxylation is 1. The van der Waals surface area contributed by atoms with Gasteiger partial charge in [-0.3, -0.25) is 19.8 Å². The molecule has 1 saturated heterocycles. The van der Waals surface area contributed by atoms with E-state index < -0.39 is 0 Å². The van der Waals surface area contributed by atoms with Crippen LogP contribution in [-0.4, -0.2) is 106 Å². The van der Waals surface area contributed by atoms with Crippen LogP contribution in [-0.2, 0) is 32.0 Å². The fourth-order valence-corrected chi connectivity index (χ4v) is 5.29. The number of benzene rings is 3. The van der Waals surface area contributed by atoms with E-state index >= 15 is 0 Å². The lowest BCUT2D eigenvalue weighted by molar-refractivity contribution is 0.00627. The van der Waals surface area contributed by atoms with Gasteiger partial charge in [-0.25, -0.2) is 0 Å². The summed E-state index contributed by atoms with van der Waals surface area (Å²) in [5.41, 5.74) is 6.20. The summed E-state index contributed by atoms with van der Waals surface area (Å²) in [4.78, 5) is 14.3. The standard InChI is InChI=1S/C35H44N4O5/c1-28-22-31-24-36-33-8-4-2-6-29(33)26-38-10-14-41-18-20-43-16-12-39(13-17-44-21-19-42-15-11-38)27-30-7-3-5-9-34(30)37-25-32(23-28)35(31)40/h2-9,22-25,40H,10-21,26-27H2,1H3. The number of aromatic hydroxyl groups is 1. The fourth-order valence-electron chi connectivity index (χ4n) is 5.29. The third-order valence-corrected chi connectivity index (χ3v) is 7.72. The highest BCUT2D eigenvalue weighted by molar-refractivity contribution is 5.94. The summed E-state index contributed by atoms with van der Waals surface area (Å²) in [5.74, 6) is 0.154. The first-order chi connectivity index (χ1) is 21.7. The lowest BCUT2D eigenvalue weighted by atomic mass is 10.1. The van der Waals surface area contributed by atoms with Crippen LogP contribution in [0.4, 0.5) is 11.4 Å². The maximum absolute atomic E-state index is 11.2. The quantitative estimate of drug-likeness (QED) is 0.393. The van der Waals surface area contributed by atoms with E-state index in [1.807, 2.05) is 55.5 Å². The van der Waals surface area contributed by atoms with Gasteiger partial charge in [0.05, 0.1) is 64.2 Å². The summed E-state index contributed by atoms with van der Waals surface area (Å²) >= 11 is 0. The molecule has 44 heavy (non-hydrogen) atoms. The minimum absolute atomic E-state index is 0.154. The van der Waals surface area contributed by atoms with Crippen LogP contribution in [0.3, 0.4) is 0 Å². The van der Waals surface area contributed by atoms with Gasteiger partial charge in [0.25, 0.3) is 0 Å². The molecular weight excluding hydrogens is 556 g/mol. The molecule has 0 spiro atoms. The molecule has 3 aromatic rings. The highest BCUT2D eigenvalue weighted by Gasteiger charge is 2.13. The van der Waals surface area contributed by atoms with Gasteiger partial charge in [-0.1, -0.05) is 36.4 Å². The molecule has 3 aliphatic rings. The average Bonchev–Trinajstić information content (AvgIpc) is 3.03. The van der Waals surface area contributed by atoms with E-state index in [-0.39, 0.29) is 5.75 Å². The molecule has 9 nitrogen and oxygen atoms in total. The van der Waals surface area contributed by atoms with Crippen LogP contribution in [0.5, 0.6) is 5.75 Å². The van der Waals surface area contributed by atoms with Crippen molar-refractivity contribution in [1.82, 2.24) is 9.80 Å². The number of aliphatic imine (C=N–C) groups is 2. The van der Waals surface area contributed by atoms with Crippen molar-refractivity contribution in [2.45, 2.75) is 20.0 Å². The van der Waals surface area contributed by atoms with Gasteiger partial charge in [-0.05, 0) is 47.9 Å². The predicted octanol–water partition coefficient (Wildman–Crippen LogP) is 4.90. The van der Waals surface area contributed by atoms with Crippen LogP contribution in [0, 0.1) is 6.92 Å². The molecule has 1 fully saturated rings. The minimum atomic E-state index is 0.154. The van der Waals surface area contributed by atoms with Gasteiger partial charge in [-0.15, -0.1) is 0 Å². The van der Waals surface area contributed by atoms with Crippen molar-refractivity contribution in [3.8, 4) is 5.75 Å². The van der Waals surface area contributed by atoms with Gasteiger partial charge in [0, 0.05) is 62.8 Å². The summed E-state index contributed by atoms with van der Waals surface area (Å²) in [6, 6.07) is 20.1. The molecule has 3 heterocycles. The predicted molar refractivity (Wildman–Crippen MR) is 174 cm³/mol. The number of phenols is 1. The van der Waals surface area contributed by atoms with E-state index in [1.165, 1.54) is 0 Å². The second kappa shape index (κ2) is 17.2. The summed E-state index contributed by atoms with van der Waals surface area (Å²) in [7, 11) is 0. The average molecular weight is 601 g/mol. The number of ether oxygens (including phenoxy) is 4. The normalized spacial score (nSPS) is 21.4. The van der Waals surface area contributed by atoms with E-state index in [0.717, 1.165) is 54.2 Å². The van der Waals surface area contributed by atoms with Gasteiger partial charge in [0.2, 0.25) is 0 Å². The Kier molecular flexibility index (Phi) is 12.5. The Labute approximate surface area is 260 Å². The summed E-state index contributed by atoms with van der Waals surface area (Å²) in [6.45, 7) is 11.0. The molecule has 6 rings (SSSR count). The third-order valence-electron chi connectivity index (χ3n) is 7.72. The largest absolute Gasteiger partial charge is 0.507 e. The molecular formula is C35H44N4O5. The van der Waals surface area contributed by atoms with Crippen molar-refractivity contribution in [2.24, 2.45) is 9.98 Å². The lowest BCUT2D eigenvalue weighted by Gasteiger charge is -2.24. The van der Waals surface area contributed by atoms with Gasteiger partial charge < -0.3 is 24.1 Å². The Hall–Kier alpha value is -3.44. The van der Waals surface area contributed by atoms with Crippen LogP contribution in [0.25, 0.3) is 0 Å². The molecule has 0 unspecified atom stereocenters. The smallest absolute Gasteiger partial charge is 0.133 e.